The third-order valence-electron chi connectivity index (χ3n) is 3.98. The maximum atomic E-state index is 10.5. The minimum absolute atomic E-state index is 0.355. The molecule has 0 bridgehead atoms. The van der Waals surface area contributed by atoms with Gasteiger partial charge in [-0.2, -0.15) is 0 Å². The Bertz CT molecular complexity index is 293. The first-order chi connectivity index (χ1) is 8.72. The van der Waals surface area contributed by atoms with Gasteiger partial charge in [0.05, 0.1) is 5.60 Å². The van der Waals surface area contributed by atoms with Crippen LogP contribution < -0.4 is 0 Å². The second-order valence-electron chi connectivity index (χ2n) is 5.46. The Hall–Kier alpha value is -0.960. The average molecular weight is 252 g/mol. The highest BCUT2D eigenvalue weighted by Crippen LogP contribution is 2.35. The molecule has 1 aliphatic carbocycles. The molecule has 1 N–H and O–H groups in total. The fourth-order valence-electron chi connectivity index (χ4n) is 2.73. The van der Waals surface area contributed by atoms with Crippen molar-refractivity contribution >= 4 is 0 Å². The zero-order chi connectivity index (χ0) is 12.8. The van der Waals surface area contributed by atoms with Crippen molar-refractivity contribution in [2.75, 3.05) is 0 Å². The first-order valence-corrected chi connectivity index (χ1v) is 7.09. The van der Waals surface area contributed by atoms with Gasteiger partial charge in [-0.15, -0.1) is 0 Å². The summed E-state index contributed by atoms with van der Waals surface area (Å²) < 4.78 is 10.3. The number of hydrogen-bond acceptors (Lipinski definition) is 3. The van der Waals surface area contributed by atoms with E-state index in [0.717, 1.165) is 31.6 Å². The van der Waals surface area contributed by atoms with Crippen LogP contribution in [-0.2, 0) is 9.47 Å². The molecule has 102 valence electrons. The molecular weight excluding hydrogens is 228 g/mol. The van der Waals surface area contributed by atoms with Crippen LogP contribution in [0.15, 0.2) is 24.7 Å². The van der Waals surface area contributed by atoms with Crippen LogP contribution in [0.25, 0.3) is 0 Å². The summed E-state index contributed by atoms with van der Waals surface area (Å²) >= 11 is 0. The Kier molecular flexibility index (Phi) is 4.70. The van der Waals surface area contributed by atoms with E-state index < -0.39 is 5.60 Å². The van der Waals surface area contributed by atoms with Gasteiger partial charge in [-0.25, -0.2) is 0 Å². The van der Waals surface area contributed by atoms with Crippen LogP contribution in [0.4, 0.5) is 0 Å². The molecule has 0 spiro atoms. The fraction of sp³-hybridized carbons (Fsp3) is 0.733. The minimum Gasteiger partial charge on any atom is -0.456 e. The van der Waals surface area contributed by atoms with E-state index in [1.165, 1.54) is 31.8 Å². The highest BCUT2D eigenvalue weighted by atomic mass is 16.7. The number of rotatable bonds is 5. The molecule has 2 rings (SSSR count). The van der Waals surface area contributed by atoms with Crippen LogP contribution in [0.5, 0.6) is 0 Å². The molecule has 0 saturated heterocycles. The lowest BCUT2D eigenvalue weighted by atomic mass is 9.77. The van der Waals surface area contributed by atoms with Gasteiger partial charge in [-0.3, -0.25) is 0 Å². The van der Waals surface area contributed by atoms with Gasteiger partial charge in [0.15, 0.2) is 0 Å². The minimum atomic E-state index is -0.655. The van der Waals surface area contributed by atoms with Crippen LogP contribution in [0.3, 0.4) is 0 Å². The molecule has 0 aromatic carbocycles. The summed E-state index contributed by atoms with van der Waals surface area (Å²) in [6.45, 7) is 2.23. The Morgan fingerprint density at radius 2 is 1.94 bits per heavy atom. The summed E-state index contributed by atoms with van der Waals surface area (Å²) in [5.41, 5.74) is -0.655. The molecule has 0 atom stereocenters. The van der Waals surface area contributed by atoms with Gasteiger partial charge in [-0.05, 0) is 43.8 Å². The van der Waals surface area contributed by atoms with Crippen molar-refractivity contribution in [3.8, 4) is 0 Å². The Morgan fingerprint density at radius 1 is 1.28 bits per heavy atom. The predicted molar refractivity (Wildman–Crippen MR) is 70.7 cm³/mol. The standard InChI is InChI=1S/C15H24O3/c1-2-3-4-13-5-8-15(16,9-6-13)10-7-14-17-11-12-18-14/h7,10-14,16H,2-6,8-9H2,1H3. The van der Waals surface area contributed by atoms with Crippen molar-refractivity contribution in [2.45, 2.75) is 63.8 Å². The first kappa shape index (κ1) is 13.5. The normalized spacial score (nSPS) is 32.7. The van der Waals surface area contributed by atoms with Crippen molar-refractivity contribution in [2.24, 2.45) is 5.92 Å². The third-order valence-corrected chi connectivity index (χ3v) is 3.98. The van der Waals surface area contributed by atoms with Crippen molar-refractivity contribution in [1.29, 1.82) is 0 Å². The maximum absolute atomic E-state index is 10.5. The summed E-state index contributed by atoms with van der Waals surface area (Å²) in [6, 6.07) is 0. The van der Waals surface area contributed by atoms with Crippen LogP contribution in [0.1, 0.15) is 51.9 Å². The Labute approximate surface area is 109 Å². The van der Waals surface area contributed by atoms with E-state index in [4.69, 9.17) is 9.47 Å². The van der Waals surface area contributed by atoms with E-state index in [2.05, 4.69) is 6.92 Å². The molecule has 2 aliphatic rings. The van der Waals surface area contributed by atoms with Crippen LogP contribution >= 0.6 is 0 Å². The van der Waals surface area contributed by atoms with Crippen molar-refractivity contribution in [1.82, 2.24) is 0 Å². The van der Waals surface area contributed by atoms with Gasteiger partial charge in [-0.1, -0.05) is 26.2 Å². The highest BCUT2D eigenvalue weighted by Gasteiger charge is 2.30. The number of ether oxygens (including phenoxy) is 2. The van der Waals surface area contributed by atoms with Crippen molar-refractivity contribution in [3.63, 3.8) is 0 Å². The van der Waals surface area contributed by atoms with Gasteiger partial charge in [0, 0.05) is 0 Å². The Balaban J connectivity index is 1.75. The van der Waals surface area contributed by atoms with E-state index in [-0.39, 0.29) is 6.29 Å². The monoisotopic (exact) mass is 252 g/mol. The summed E-state index contributed by atoms with van der Waals surface area (Å²) in [7, 11) is 0. The molecule has 3 nitrogen and oxygen atoms in total. The fourth-order valence-corrected chi connectivity index (χ4v) is 2.73. The van der Waals surface area contributed by atoms with Gasteiger partial charge in [0.25, 0.3) is 6.29 Å². The predicted octanol–water partition coefficient (Wildman–Crippen LogP) is 3.50. The van der Waals surface area contributed by atoms with E-state index >= 15 is 0 Å². The lowest BCUT2D eigenvalue weighted by molar-refractivity contribution is 0.00962. The zero-order valence-electron chi connectivity index (χ0n) is 11.2. The molecule has 1 heterocycles. The van der Waals surface area contributed by atoms with Crippen molar-refractivity contribution < 1.29 is 14.6 Å². The summed E-state index contributed by atoms with van der Waals surface area (Å²) in [5, 5.41) is 10.5. The molecule has 1 saturated carbocycles. The molecule has 18 heavy (non-hydrogen) atoms. The molecular formula is C15H24O3. The third kappa shape index (κ3) is 3.77. The smallest absolute Gasteiger partial charge is 0.259 e. The van der Waals surface area contributed by atoms with E-state index in [0.29, 0.717) is 0 Å². The molecule has 3 heteroatoms. The first-order valence-electron chi connectivity index (χ1n) is 7.09. The lowest BCUT2D eigenvalue weighted by Gasteiger charge is -2.34. The molecule has 1 fully saturated rings. The summed E-state index contributed by atoms with van der Waals surface area (Å²) in [6.07, 6.45) is 14.3. The highest BCUT2D eigenvalue weighted by molar-refractivity contribution is 5.05. The van der Waals surface area contributed by atoms with Gasteiger partial charge in [0.2, 0.25) is 0 Å². The quantitative estimate of drug-likeness (QED) is 0.761. The molecule has 0 unspecified atom stereocenters. The number of aliphatic hydroxyl groups is 1. The van der Waals surface area contributed by atoms with Gasteiger partial charge in [0.1, 0.15) is 12.5 Å². The summed E-state index contributed by atoms with van der Waals surface area (Å²) in [4.78, 5) is 0. The lowest BCUT2D eigenvalue weighted by Crippen LogP contribution is -2.32. The number of hydrogen-bond donors (Lipinski definition) is 1. The van der Waals surface area contributed by atoms with E-state index in [1.54, 1.807) is 0 Å². The molecule has 0 radical (unpaired) electrons. The summed E-state index contributed by atoms with van der Waals surface area (Å²) in [5.74, 6) is 0.805. The number of unbranched alkanes of at least 4 members (excludes halogenated alkanes) is 1. The molecule has 0 aromatic heterocycles. The van der Waals surface area contributed by atoms with E-state index in [1.807, 2.05) is 12.2 Å². The zero-order valence-corrected chi connectivity index (χ0v) is 11.2. The van der Waals surface area contributed by atoms with Crippen LogP contribution in [0.2, 0.25) is 0 Å². The maximum Gasteiger partial charge on any atom is 0.259 e. The molecule has 0 amide bonds. The SMILES string of the molecule is CCCCC1CCC(O)(C=CC2OC=CO2)CC1. The van der Waals surface area contributed by atoms with Crippen LogP contribution in [0, 0.1) is 5.92 Å². The van der Waals surface area contributed by atoms with Crippen LogP contribution in [-0.4, -0.2) is 17.0 Å². The van der Waals surface area contributed by atoms with Gasteiger partial charge >= 0.3 is 0 Å². The second-order valence-corrected chi connectivity index (χ2v) is 5.46. The second kappa shape index (κ2) is 6.28. The average Bonchev–Trinajstić information content (AvgIpc) is 2.89. The van der Waals surface area contributed by atoms with E-state index in [9.17, 15) is 5.11 Å². The molecule has 1 aliphatic heterocycles. The topological polar surface area (TPSA) is 38.7 Å². The molecule has 0 aromatic rings. The Morgan fingerprint density at radius 3 is 2.56 bits per heavy atom. The van der Waals surface area contributed by atoms with Crippen molar-refractivity contribution in [3.05, 3.63) is 24.7 Å². The largest absolute Gasteiger partial charge is 0.456 e. The van der Waals surface area contributed by atoms with Gasteiger partial charge < -0.3 is 14.6 Å².